The van der Waals surface area contributed by atoms with Crippen LogP contribution in [0.3, 0.4) is 0 Å². The van der Waals surface area contributed by atoms with Gasteiger partial charge in [-0.25, -0.2) is 4.98 Å². The van der Waals surface area contributed by atoms with E-state index in [0.29, 0.717) is 33.3 Å². The maximum atomic E-state index is 5.03. The van der Waals surface area contributed by atoms with Crippen molar-refractivity contribution in [3.8, 4) is 0 Å². The van der Waals surface area contributed by atoms with Crippen LogP contribution in [0.1, 0.15) is 39.3 Å². The van der Waals surface area contributed by atoms with Gasteiger partial charge in [0.15, 0.2) is 21.9 Å². The summed E-state index contributed by atoms with van der Waals surface area (Å²) in [6, 6.07) is 0. The standard InChI is InChI=1S/C12H21N9S2/c1-5-13-11(22)20-16-7(3)9-15-10(19-18-9)8(4)17-21-12(23)14-6-2/h5-6H2,1-4H3,(H2,13,20,22)(H2,14,21,23)(H,15,18,19)/b16-7+,17-8+. The zero-order valence-electron chi connectivity index (χ0n) is 13.5. The molecule has 0 aliphatic carbocycles. The highest BCUT2D eigenvalue weighted by Gasteiger charge is 2.09. The average Bonchev–Trinajstić information content (AvgIpc) is 3.01. The molecule has 0 unspecified atom stereocenters. The van der Waals surface area contributed by atoms with E-state index in [-0.39, 0.29) is 0 Å². The Kier molecular flexibility index (Phi) is 8.05. The van der Waals surface area contributed by atoms with E-state index in [0.717, 1.165) is 13.1 Å². The lowest BCUT2D eigenvalue weighted by atomic mass is 10.4. The van der Waals surface area contributed by atoms with Crippen LogP contribution in [0.15, 0.2) is 10.2 Å². The Morgan fingerprint density at radius 1 is 1.00 bits per heavy atom. The molecule has 1 aromatic heterocycles. The summed E-state index contributed by atoms with van der Waals surface area (Å²) in [4.78, 5) is 4.32. The van der Waals surface area contributed by atoms with E-state index in [1.807, 2.05) is 13.8 Å². The molecule has 11 heteroatoms. The summed E-state index contributed by atoms with van der Waals surface area (Å²) in [5, 5.41) is 21.9. The molecule has 1 aromatic rings. The number of aromatic amines is 1. The molecule has 0 aliphatic rings. The molecular weight excluding hydrogens is 334 g/mol. The van der Waals surface area contributed by atoms with E-state index in [4.69, 9.17) is 24.4 Å². The molecule has 0 aromatic carbocycles. The maximum absolute atomic E-state index is 5.03. The highest BCUT2D eigenvalue weighted by molar-refractivity contribution is 7.80. The van der Waals surface area contributed by atoms with E-state index in [9.17, 15) is 0 Å². The summed E-state index contributed by atoms with van der Waals surface area (Å²) in [6.45, 7) is 8.92. The largest absolute Gasteiger partial charge is 0.362 e. The Morgan fingerprint density at radius 2 is 1.52 bits per heavy atom. The minimum atomic E-state index is 0.446. The first-order valence-corrected chi connectivity index (χ1v) is 7.88. The first-order valence-electron chi connectivity index (χ1n) is 7.07. The lowest BCUT2D eigenvalue weighted by molar-refractivity contribution is 0.898. The van der Waals surface area contributed by atoms with Gasteiger partial charge in [0, 0.05) is 13.1 Å². The van der Waals surface area contributed by atoms with Gasteiger partial charge in [-0.15, -0.1) is 0 Å². The second kappa shape index (κ2) is 9.79. The van der Waals surface area contributed by atoms with Gasteiger partial charge >= 0.3 is 0 Å². The number of aromatic nitrogens is 3. The molecule has 0 amide bonds. The molecule has 0 saturated heterocycles. The zero-order chi connectivity index (χ0) is 17.2. The molecule has 0 aliphatic heterocycles. The quantitative estimate of drug-likeness (QED) is 0.280. The summed E-state index contributed by atoms with van der Waals surface area (Å²) in [5.74, 6) is 0.978. The molecule has 0 fully saturated rings. The fourth-order valence-corrected chi connectivity index (χ4v) is 1.74. The van der Waals surface area contributed by atoms with Crippen molar-refractivity contribution in [2.75, 3.05) is 13.1 Å². The molecule has 23 heavy (non-hydrogen) atoms. The second-order valence-corrected chi connectivity index (χ2v) is 5.16. The number of nitrogens with zero attached hydrogens (tertiary/aromatic N) is 4. The Labute approximate surface area is 145 Å². The van der Waals surface area contributed by atoms with Gasteiger partial charge in [-0.2, -0.15) is 15.3 Å². The van der Waals surface area contributed by atoms with Crippen LogP contribution in [0.4, 0.5) is 0 Å². The summed E-state index contributed by atoms with van der Waals surface area (Å²) in [6.07, 6.45) is 0. The topological polar surface area (TPSA) is 114 Å². The van der Waals surface area contributed by atoms with Crippen LogP contribution in [-0.4, -0.2) is 49.9 Å². The van der Waals surface area contributed by atoms with Crippen LogP contribution >= 0.6 is 24.4 Å². The van der Waals surface area contributed by atoms with Gasteiger partial charge < -0.3 is 10.6 Å². The van der Waals surface area contributed by atoms with Gasteiger partial charge in [-0.3, -0.25) is 16.0 Å². The predicted molar refractivity (Wildman–Crippen MR) is 99.6 cm³/mol. The van der Waals surface area contributed by atoms with Gasteiger partial charge in [-0.1, -0.05) is 0 Å². The normalized spacial score (nSPS) is 11.8. The number of H-pyrrole nitrogens is 1. The van der Waals surface area contributed by atoms with Gasteiger partial charge in [0.1, 0.15) is 11.4 Å². The van der Waals surface area contributed by atoms with E-state index < -0.39 is 0 Å². The van der Waals surface area contributed by atoms with Crippen molar-refractivity contribution in [2.24, 2.45) is 10.2 Å². The van der Waals surface area contributed by atoms with Crippen molar-refractivity contribution in [3.05, 3.63) is 11.6 Å². The van der Waals surface area contributed by atoms with Crippen molar-refractivity contribution < 1.29 is 0 Å². The van der Waals surface area contributed by atoms with Crippen LogP contribution in [0, 0.1) is 0 Å². The zero-order valence-corrected chi connectivity index (χ0v) is 15.2. The highest BCUT2D eigenvalue weighted by Crippen LogP contribution is 1.97. The van der Waals surface area contributed by atoms with Crippen LogP contribution in [0.5, 0.6) is 0 Å². The number of hydrazone groups is 2. The van der Waals surface area contributed by atoms with Crippen LogP contribution in [0.25, 0.3) is 0 Å². The first kappa shape index (κ1) is 18.9. The molecular formula is C12H21N9S2. The molecule has 9 nitrogen and oxygen atoms in total. The van der Waals surface area contributed by atoms with Crippen LogP contribution < -0.4 is 21.5 Å². The minimum Gasteiger partial charge on any atom is -0.362 e. The molecule has 0 radical (unpaired) electrons. The monoisotopic (exact) mass is 355 g/mol. The van der Waals surface area contributed by atoms with Crippen LogP contribution in [-0.2, 0) is 0 Å². The maximum Gasteiger partial charge on any atom is 0.197 e. The third-order valence-electron chi connectivity index (χ3n) is 2.48. The highest BCUT2D eigenvalue weighted by atomic mass is 32.1. The third kappa shape index (κ3) is 6.65. The summed E-state index contributed by atoms with van der Waals surface area (Å²) < 4.78 is 0. The Hall–Kier alpha value is -2.14. The minimum absolute atomic E-state index is 0.446. The van der Waals surface area contributed by atoms with E-state index >= 15 is 0 Å². The third-order valence-corrected chi connectivity index (χ3v) is 2.95. The fourth-order valence-electron chi connectivity index (χ4n) is 1.36. The summed E-state index contributed by atoms with van der Waals surface area (Å²) >= 11 is 10.1. The van der Waals surface area contributed by atoms with Crippen molar-refractivity contribution in [2.45, 2.75) is 27.7 Å². The van der Waals surface area contributed by atoms with Gasteiger partial charge in [-0.05, 0) is 52.1 Å². The number of rotatable bonds is 6. The van der Waals surface area contributed by atoms with Crippen molar-refractivity contribution in [3.63, 3.8) is 0 Å². The van der Waals surface area contributed by atoms with Crippen molar-refractivity contribution >= 4 is 46.1 Å². The number of hydrogen-bond acceptors (Lipinski definition) is 6. The predicted octanol–water partition coefficient (Wildman–Crippen LogP) is 0.221. The lowest BCUT2D eigenvalue weighted by Gasteiger charge is -2.04. The van der Waals surface area contributed by atoms with Crippen LogP contribution in [0.2, 0.25) is 0 Å². The molecule has 0 atom stereocenters. The van der Waals surface area contributed by atoms with E-state index in [2.05, 4.69) is 46.9 Å². The van der Waals surface area contributed by atoms with Gasteiger partial charge in [0.05, 0.1) is 0 Å². The van der Waals surface area contributed by atoms with Gasteiger partial charge in [0.25, 0.3) is 0 Å². The van der Waals surface area contributed by atoms with E-state index in [1.165, 1.54) is 0 Å². The fraction of sp³-hybridized carbons (Fsp3) is 0.500. The Morgan fingerprint density at radius 3 is 2.04 bits per heavy atom. The lowest BCUT2D eigenvalue weighted by Crippen LogP contribution is -2.32. The first-order chi connectivity index (χ1) is 11.0. The number of hydrogen-bond donors (Lipinski definition) is 5. The van der Waals surface area contributed by atoms with E-state index in [1.54, 1.807) is 13.8 Å². The second-order valence-electron chi connectivity index (χ2n) is 4.34. The average molecular weight is 355 g/mol. The SMILES string of the molecule is CCNC(=S)N/N=C(\C)c1n[nH]c(/C(C)=N/NC(=S)NCC)n1. The molecule has 126 valence electrons. The number of thiocarbonyl (C=S) groups is 2. The smallest absolute Gasteiger partial charge is 0.197 e. The molecule has 0 spiro atoms. The Bertz CT molecular complexity index is 555. The summed E-state index contributed by atoms with van der Waals surface area (Å²) in [5.41, 5.74) is 6.66. The van der Waals surface area contributed by atoms with Crippen molar-refractivity contribution in [1.29, 1.82) is 0 Å². The van der Waals surface area contributed by atoms with Gasteiger partial charge in [0.2, 0.25) is 0 Å². The molecule has 5 N–H and O–H groups in total. The molecule has 0 bridgehead atoms. The summed E-state index contributed by atoms with van der Waals surface area (Å²) in [7, 11) is 0. The van der Waals surface area contributed by atoms with Crippen molar-refractivity contribution in [1.82, 2.24) is 36.7 Å². The Balaban J connectivity index is 2.69. The molecule has 1 rings (SSSR count). The number of nitrogens with one attached hydrogen (secondary N) is 5. The molecule has 0 saturated carbocycles. The molecule has 1 heterocycles.